The van der Waals surface area contributed by atoms with Crippen molar-refractivity contribution < 1.29 is 33.5 Å². The number of nitrogens with zero attached hydrogens (tertiary/aromatic N) is 3. The predicted octanol–water partition coefficient (Wildman–Crippen LogP) is 3.78. The van der Waals surface area contributed by atoms with Gasteiger partial charge in [-0.2, -0.15) is 0 Å². The van der Waals surface area contributed by atoms with E-state index in [1.165, 1.54) is 35.7 Å². The number of rotatable bonds is 21. The molecule has 286 valence electrons. The first-order valence-corrected chi connectivity index (χ1v) is 18.0. The first-order chi connectivity index (χ1) is 24.5. The van der Waals surface area contributed by atoms with Crippen molar-refractivity contribution in [1.29, 1.82) is 0 Å². The van der Waals surface area contributed by atoms with Crippen LogP contribution in [-0.2, 0) is 41.6 Å². The molecule has 0 spiro atoms. The minimum atomic E-state index is -1.03. The Hall–Kier alpha value is -4.74. The van der Waals surface area contributed by atoms with Gasteiger partial charge in [0.1, 0.15) is 35.7 Å². The van der Waals surface area contributed by atoms with Gasteiger partial charge in [-0.15, -0.1) is 0 Å². The van der Waals surface area contributed by atoms with Gasteiger partial charge in [0.15, 0.2) is 0 Å². The highest BCUT2D eigenvalue weighted by Crippen LogP contribution is 2.22. The van der Waals surface area contributed by atoms with Crippen LogP contribution in [0, 0.1) is 11.8 Å². The van der Waals surface area contributed by atoms with Gasteiger partial charge in [-0.3, -0.25) is 24.0 Å². The number of carbonyl (C=O) groups excluding carboxylic acids is 6. The Morgan fingerprint density at radius 1 is 0.731 bits per heavy atom. The van der Waals surface area contributed by atoms with E-state index in [-0.39, 0.29) is 36.4 Å². The predicted molar refractivity (Wildman–Crippen MR) is 201 cm³/mol. The molecule has 2 aromatic carbocycles. The second-order valence-electron chi connectivity index (χ2n) is 14.1. The Morgan fingerprint density at radius 2 is 1.29 bits per heavy atom. The van der Waals surface area contributed by atoms with Crippen LogP contribution in [0.5, 0.6) is 5.75 Å². The number of Topliss-reactive ketones (excluding diaryl/α,β-unsaturated/α-hetero) is 1. The molecule has 0 aliphatic heterocycles. The average molecular weight is 722 g/mol. The maximum atomic E-state index is 13.9. The summed E-state index contributed by atoms with van der Waals surface area (Å²) in [6, 6.07) is 12.5. The van der Waals surface area contributed by atoms with Crippen molar-refractivity contribution in [2.75, 3.05) is 28.3 Å². The van der Waals surface area contributed by atoms with Crippen molar-refractivity contribution in [2.24, 2.45) is 17.6 Å². The lowest BCUT2D eigenvalue weighted by Crippen LogP contribution is -2.58. The van der Waals surface area contributed by atoms with Gasteiger partial charge in [-0.05, 0) is 62.8 Å². The summed E-state index contributed by atoms with van der Waals surface area (Å²) < 4.78 is 5.19. The summed E-state index contributed by atoms with van der Waals surface area (Å²) in [5.74, 6) is -1.64. The van der Waals surface area contributed by atoms with Gasteiger partial charge in [-0.1, -0.05) is 69.2 Å². The molecule has 0 radical (unpaired) electrons. The van der Waals surface area contributed by atoms with Crippen molar-refractivity contribution >= 4 is 35.3 Å². The summed E-state index contributed by atoms with van der Waals surface area (Å²) >= 11 is 0. The molecule has 2 aromatic rings. The Bertz CT molecular complexity index is 1500. The molecule has 2 unspecified atom stereocenters. The average Bonchev–Trinajstić information content (AvgIpc) is 3.12. The number of likely N-dealkylation sites (N-methyl/N-ethyl adjacent to an activating group) is 3. The molecule has 52 heavy (non-hydrogen) atoms. The molecule has 0 heterocycles. The fourth-order valence-electron chi connectivity index (χ4n) is 6.33. The maximum absolute atomic E-state index is 13.9. The van der Waals surface area contributed by atoms with E-state index in [0.717, 1.165) is 30.4 Å². The summed E-state index contributed by atoms with van der Waals surface area (Å²) in [4.78, 5) is 82.3. The van der Waals surface area contributed by atoms with Crippen LogP contribution in [0.4, 0.5) is 0 Å². The largest absolute Gasteiger partial charge is 0.497 e. The lowest BCUT2D eigenvalue weighted by molar-refractivity contribution is -0.148. The number of unbranched alkanes of at least 4 members (excludes halogenated alkanes) is 1. The number of nitrogens with one attached hydrogen (secondary N) is 1. The van der Waals surface area contributed by atoms with E-state index >= 15 is 0 Å². The van der Waals surface area contributed by atoms with E-state index in [0.29, 0.717) is 18.6 Å². The van der Waals surface area contributed by atoms with E-state index in [9.17, 15) is 28.8 Å². The van der Waals surface area contributed by atoms with E-state index in [2.05, 4.69) is 12.2 Å². The van der Waals surface area contributed by atoms with Crippen molar-refractivity contribution in [3.05, 3.63) is 65.7 Å². The van der Waals surface area contributed by atoms with Gasteiger partial charge in [-0.25, -0.2) is 0 Å². The molecule has 0 aliphatic rings. The Labute approximate surface area is 309 Å². The van der Waals surface area contributed by atoms with Crippen molar-refractivity contribution in [2.45, 2.75) is 104 Å². The first kappa shape index (κ1) is 43.4. The van der Waals surface area contributed by atoms with E-state index in [1.807, 2.05) is 37.3 Å². The van der Waals surface area contributed by atoms with Crippen LogP contribution in [0.1, 0.15) is 77.8 Å². The zero-order chi connectivity index (χ0) is 39.1. The van der Waals surface area contributed by atoms with Gasteiger partial charge in [0.25, 0.3) is 0 Å². The zero-order valence-corrected chi connectivity index (χ0v) is 32.4. The molecule has 2 rings (SSSR count). The molecule has 0 saturated heterocycles. The Morgan fingerprint density at radius 3 is 1.85 bits per heavy atom. The number of nitrogens with two attached hydrogens (primary N) is 1. The van der Waals surface area contributed by atoms with Crippen LogP contribution in [-0.4, -0.2) is 102 Å². The number of hydrogen-bond donors (Lipinski definition) is 2. The highest BCUT2D eigenvalue weighted by atomic mass is 16.5. The summed E-state index contributed by atoms with van der Waals surface area (Å²) in [5, 5.41) is 2.79. The molecular weight excluding hydrogens is 662 g/mol. The van der Waals surface area contributed by atoms with Crippen molar-refractivity contribution in [3.8, 4) is 5.75 Å². The second-order valence-corrected chi connectivity index (χ2v) is 14.1. The van der Waals surface area contributed by atoms with Crippen LogP contribution in [0.2, 0.25) is 0 Å². The second kappa shape index (κ2) is 20.9. The molecule has 5 amide bonds. The molecule has 0 aromatic heterocycles. The molecule has 6 atom stereocenters. The van der Waals surface area contributed by atoms with Crippen molar-refractivity contribution in [3.63, 3.8) is 0 Å². The smallest absolute Gasteiger partial charge is 0.245 e. The van der Waals surface area contributed by atoms with Crippen LogP contribution >= 0.6 is 0 Å². The minimum absolute atomic E-state index is 0.173. The third-order valence-electron chi connectivity index (χ3n) is 9.79. The number of methoxy groups -OCH3 is 1. The zero-order valence-electron chi connectivity index (χ0n) is 32.4. The summed E-state index contributed by atoms with van der Waals surface area (Å²) in [5.41, 5.74) is 7.33. The van der Waals surface area contributed by atoms with E-state index in [1.54, 1.807) is 52.3 Å². The quantitative estimate of drug-likeness (QED) is 0.186. The normalized spacial score (nSPS) is 14.5. The minimum Gasteiger partial charge on any atom is -0.497 e. The number of primary amides is 1. The fraction of sp³-hybridized carbons (Fsp3) is 0.550. The third kappa shape index (κ3) is 13.1. The van der Waals surface area contributed by atoms with Gasteiger partial charge in [0.2, 0.25) is 29.5 Å². The van der Waals surface area contributed by atoms with Crippen LogP contribution in [0.3, 0.4) is 0 Å². The van der Waals surface area contributed by atoms with E-state index < -0.39 is 47.8 Å². The molecule has 0 bridgehead atoms. The molecule has 0 fully saturated rings. The van der Waals surface area contributed by atoms with E-state index in [4.69, 9.17) is 10.5 Å². The number of ether oxygens (including phenoxy) is 1. The number of hydrogen-bond acceptors (Lipinski definition) is 7. The maximum Gasteiger partial charge on any atom is 0.245 e. The third-order valence-corrected chi connectivity index (χ3v) is 9.79. The molecule has 0 saturated carbocycles. The first-order valence-electron chi connectivity index (χ1n) is 18.0. The molecule has 3 N–H and O–H groups in total. The topological polar surface area (TPSA) is 159 Å². The molecule has 12 heteroatoms. The Balaban J connectivity index is 2.13. The number of carbonyl (C=O) groups is 6. The monoisotopic (exact) mass is 721 g/mol. The lowest BCUT2D eigenvalue weighted by Gasteiger charge is -2.34. The standard InChI is InChI=1S/C40H59N5O7/c1-26(15-13-14-16-28(3)46)23-27(2)38(49)45(8)35(25-31-17-11-10-12-18-31)37(48)42-29(4)39(50)43(6)30(5)40(51)44(7)34(36(41)47)24-32-19-21-33(52-9)22-20-32/h10-12,17-22,26-27,29-30,34-35H,13-16,23-25H2,1-9H3,(H2,41,47)(H,42,48)/t26?,27?,29-,30-,34-,35-/m0/s1. The molecular formula is C40H59N5O7. The van der Waals surface area contributed by atoms with Crippen LogP contribution in [0.15, 0.2) is 54.6 Å². The SMILES string of the molecule is COc1ccc(C[C@@H](C(N)=O)N(C)C(=O)[C@H](C)N(C)C(=O)[C@H](C)NC(=O)[C@H](Cc2ccccc2)N(C)C(=O)C(C)CC(C)CCCCC(C)=O)cc1. The lowest BCUT2D eigenvalue weighted by atomic mass is 9.91. The van der Waals surface area contributed by atoms with Gasteiger partial charge >= 0.3 is 0 Å². The van der Waals surface area contributed by atoms with Crippen LogP contribution in [0.25, 0.3) is 0 Å². The van der Waals surface area contributed by atoms with Gasteiger partial charge < -0.3 is 35.3 Å². The summed E-state index contributed by atoms with van der Waals surface area (Å²) in [6.45, 7) is 8.62. The van der Waals surface area contributed by atoms with Gasteiger partial charge in [0.05, 0.1) is 7.11 Å². The number of amides is 5. The summed E-state index contributed by atoms with van der Waals surface area (Å²) in [7, 11) is 6.09. The number of ketones is 1. The summed E-state index contributed by atoms with van der Waals surface area (Å²) in [6.07, 6.45) is 4.25. The fourth-order valence-corrected chi connectivity index (χ4v) is 6.33. The molecule has 0 aliphatic carbocycles. The van der Waals surface area contributed by atoms with Gasteiger partial charge in [0, 0.05) is 46.3 Å². The Kier molecular flexibility index (Phi) is 17.5. The van der Waals surface area contributed by atoms with Crippen molar-refractivity contribution in [1.82, 2.24) is 20.0 Å². The van der Waals surface area contributed by atoms with Crippen LogP contribution < -0.4 is 15.8 Å². The highest BCUT2D eigenvalue weighted by Gasteiger charge is 2.35. The highest BCUT2D eigenvalue weighted by molar-refractivity contribution is 5.95. The molecule has 12 nitrogen and oxygen atoms in total. The number of benzene rings is 2.